The highest BCUT2D eigenvalue weighted by Crippen LogP contribution is 2.33. The second kappa shape index (κ2) is 3.28. The van der Waals surface area contributed by atoms with Crippen LogP contribution in [0.2, 0.25) is 5.02 Å². The minimum atomic E-state index is -0.268. The van der Waals surface area contributed by atoms with Gasteiger partial charge in [0.15, 0.2) is 0 Å². The SMILES string of the molecule is CC(C)c1[nH]c2cccc(F)c2c1Cl. The van der Waals surface area contributed by atoms with E-state index in [4.69, 9.17) is 11.6 Å². The van der Waals surface area contributed by atoms with E-state index in [9.17, 15) is 4.39 Å². The number of rotatable bonds is 1. The van der Waals surface area contributed by atoms with Gasteiger partial charge >= 0.3 is 0 Å². The highest BCUT2D eigenvalue weighted by atomic mass is 35.5. The predicted octanol–water partition coefficient (Wildman–Crippen LogP) is 4.08. The Morgan fingerprint density at radius 2 is 2.07 bits per heavy atom. The van der Waals surface area contributed by atoms with Crippen LogP contribution in [0.4, 0.5) is 4.39 Å². The van der Waals surface area contributed by atoms with Crippen LogP contribution in [0.25, 0.3) is 10.9 Å². The predicted molar refractivity (Wildman–Crippen MR) is 57.4 cm³/mol. The summed E-state index contributed by atoms with van der Waals surface area (Å²) in [6.45, 7) is 4.04. The number of fused-ring (bicyclic) bond motifs is 1. The highest BCUT2D eigenvalue weighted by molar-refractivity contribution is 6.36. The second-order valence-corrected chi connectivity index (χ2v) is 4.05. The van der Waals surface area contributed by atoms with E-state index in [0.717, 1.165) is 11.2 Å². The van der Waals surface area contributed by atoms with Crippen molar-refractivity contribution >= 4 is 22.5 Å². The van der Waals surface area contributed by atoms with Gasteiger partial charge in [-0.2, -0.15) is 0 Å². The molecule has 3 heteroatoms. The molecular formula is C11H11ClFN. The van der Waals surface area contributed by atoms with Crippen LogP contribution in [0.5, 0.6) is 0 Å². The number of nitrogens with one attached hydrogen (secondary N) is 1. The molecule has 1 N–H and O–H groups in total. The van der Waals surface area contributed by atoms with Crippen LogP contribution < -0.4 is 0 Å². The lowest BCUT2D eigenvalue weighted by Gasteiger charge is -2.00. The summed E-state index contributed by atoms with van der Waals surface area (Å²) in [6.07, 6.45) is 0. The molecule has 2 rings (SSSR count). The molecule has 0 aliphatic rings. The molecular weight excluding hydrogens is 201 g/mol. The summed E-state index contributed by atoms with van der Waals surface area (Å²) in [6, 6.07) is 4.93. The number of halogens is 2. The Kier molecular flexibility index (Phi) is 2.23. The first kappa shape index (κ1) is 9.53. The van der Waals surface area contributed by atoms with Crippen molar-refractivity contribution in [3.8, 4) is 0 Å². The summed E-state index contributed by atoms with van der Waals surface area (Å²) in [5, 5.41) is 1.01. The summed E-state index contributed by atoms with van der Waals surface area (Å²) in [5.74, 6) is 0.00458. The van der Waals surface area contributed by atoms with Crippen molar-refractivity contribution in [2.24, 2.45) is 0 Å². The molecule has 0 aliphatic carbocycles. The van der Waals surface area contributed by atoms with Crippen LogP contribution in [-0.4, -0.2) is 4.98 Å². The molecule has 1 aromatic heterocycles. The molecule has 0 spiro atoms. The van der Waals surface area contributed by atoms with E-state index in [1.807, 2.05) is 19.9 Å². The third-order valence-electron chi connectivity index (χ3n) is 2.32. The molecule has 0 amide bonds. The fraction of sp³-hybridized carbons (Fsp3) is 0.273. The molecule has 0 aliphatic heterocycles. The molecule has 0 saturated carbocycles. The van der Waals surface area contributed by atoms with Crippen molar-refractivity contribution in [1.82, 2.24) is 4.98 Å². The fourth-order valence-electron chi connectivity index (χ4n) is 1.58. The zero-order valence-corrected chi connectivity index (χ0v) is 8.82. The van der Waals surface area contributed by atoms with Crippen molar-refractivity contribution in [2.75, 3.05) is 0 Å². The summed E-state index contributed by atoms with van der Waals surface area (Å²) >= 11 is 6.09. The molecule has 0 bridgehead atoms. The third-order valence-corrected chi connectivity index (χ3v) is 2.71. The van der Waals surface area contributed by atoms with Gasteiger partial charge in [0.2, 0.25) is 0 Å². The van der Waals surface area contributed by atoms with E-state index in [-0.39, 0.29) is 11.7 Å². The van der Waals surface area contributed by atoms with Gasteiger partial charge in [-0.1, -0.05) is 31.5 Å². The van der Waals surface area contributed by atoms with Gasteiger partial charge in [0, 0.05) is 5.69 Å². The summed E-state index contributed by atoms with van der Waals surface area (Å²) in [4.78, 5) is 3.13. The maximum atomic E-state index is 13.4. The Balaban J connectivity index is 2.81. The van der Waals surface area contributed by atoms with E-state index in [1.165, 1.54) is 6.07 Å². The summed E-state index contributed by atoms with van der Waals surface area (Å²) in [7, 11) is 0. The summed E-state index contributed by atoms with van der Waals surface area (Å²) in [5.41, 5.74) is 1.66. The lowest BCUT2D eigenvalue weighted by molar-refractivity contribution is 0.640. The average molecular weight is 212 g/mol. The van der Waals surface area contributed by atoms with Crippen LogP contribution in [0, 0.1) is 5.82 Å². The first-order chi connectivity index (χ1) is 6.61. The molecule has 1 aromatic carbocycles. The minimum Gasteiger partial charge on any atom is -0.357 e. The van der Waals surface area contributed by atoms with Crippen molar-refractivity contribution in [1.29, 1.82) is 0 Å². The smallest absolute Gasteiger partial charge is 0.134 e. The third kappa shape index (κ3) is 1.30. The number of H-pyrrole nitrogens is 1. The highest BCUT2D eigenvalue weighted by Gasteiger charge is 2.14. The number of benzene rings is 1. The Bertz CT molecular complexity index is 473. The van der Waals surface area contributed by atoms with Gasteiger partial charge in [0.1, 0.15) is 5.82 Å². The van der Waals surface area contributed by atoms with Gasteiger partial charge in [-0.15, -0.1) is 0 Å². The standard InChI is InChI=1S/C11H11ClFN/c1-6(2)11-10(12)9-7(13)4-3-5-8(9)14-11/h3-6,14H,1-2H3. The maximum Gasteiger partial charge on any atom is 0.134 e. The lowest BCUT2D eigenvalue weighted by atomic mass is 10.1. The normalized spacial score (nSPS) is 11.5. The van der Waals surface area contributed by atoms with E-state index < -0.39 is 0 Å². The van der Waals surface area contributed by atoms with Crippen LogP contribution in [0.15, 0.2) is 18.2 Å². The minimum absolute atomic E-state index is 0.268. The zero-order valence-electron chi connectivity index (χ0n) is 8.07. The number of aromatic amines is 1. The van der Waals surface area contributed by atoms with Crippen LogP contribution in [0.1, 0.15) is 25.5 Å². The number of aromatic nitrogens is 1. The Labute approximate surface area is 86.9 Å². The van der Waals surface area contributed by atoms with Crippen LogP contribution in [0.3, 0.4) is 0 Å². The molecule has 74 valence electrons. The van der Waals surface area contributed by atoms with Crippen molar-refractivity contribution in [2.45, 2.75) is 19.8 Å². The topological polar surface area (TPSA) is 15.8 Å². The molecule has 1 heterocycles. The number of hydrogen-bond donors (Lipinski definition) is 1. The molecule has 0 radical (unpaired) electrons. The molecule has 14 heavy (non-hydrogen) atoms. The Morgan fingerprint density at radius 1 is 1.36 bits per heavy atom. The molecule has 0 atom stereocenters. The van der Waals surface area contributed by atoms with Gasteiger partial charge in [0.25, 0.3) is 0 Å². The first-order valence-corrected chi connectivity index (χ1v) is 4.94. The van der Waals surface area contributed by atoms with Crippen molar-refractivity contribution in [3.63, 3.8) is 0 Å². The largest absolute Gasteiger partial charge is 0.357 e. The zero-order chi connectivity index (χ0) is 10.3. The lowest BCUT2D eigenvalue weighted by Crippen LogP contribution is -1.86. The van der Waals surface area contributed by atoms with Crippen molar-refractivity contribution < 1.29 is 4.39 Å². The maximum absolute atomic E-state index is 13.4. The molecule has 1 nitrogen and oxygen atoms in total. The quantitative estimate of drug-likeness (QED) is 0.732. The van der Waals surface area contributed by atoms with Gasteiger partial charge in [-0.3, -0.25) is 0 Å². The van der Waals surface area contributed by atoms with E-state index in [2.05, 4.69) is 4.98 Å². The van der Waals surface area contributed by atoms with Gasteiger partial charge in [-0.25, -0.2) is 4.39 Å². The second-order valence-electron chi connectivity index (χ2n) is 3.67. The molecule has 0 fully saturated rings. The molecule has 0 unspecified atom stereocenters. The van der Waals surface area contributed by atoms with E-state index >= 15 is 0 Å². The van der Waals surface area contributed by atoms with E-state index in [1.54, 1.807) is 6.07 Å². The number of hydrogen-bond acceptors (Lipinski definition) is 0. The van der Waals surface area contributed by atoms with Crippen LogP contribution >= 0.6 is 11.6 Å². The Hall–Kier alpha value is -1.02. The summed E-state index contributed by atoms with van der Waals surface area (Å²) < 4.78 is 13.4. The fourth-order valence-corrected chi connectivity index (χ4v) is 2.04. The average Bonchev–Trinajstić information content (AvgIpc) is 2.45. The van der Waals surface area contributed by atoms with Gasteiger partial charge in [0.05, 0.1) is 15.9 Å². The molecule has 0 saturated heterocycles. The van der Waals surface area contributed by atoms with Gasteiger partial charge < -0.3 is 4.98 Å². The Morgan fingerprint density at radius 3 is 2.64 bits per heavy atom. The molecule has 2 aromatic rings. The van der Waals surface area contributed by atoms with Crippen molar-refractivity contribution in [3.05, 3.63) is 34.7 Å². The first-order valence-electron chi connectivity index (χ1n) is 4.57. The van der Waals surface area contributed by atoms with Crippen LogP contribution in [-0.2, 0) is 0 Å². The van der Waals surface area contributed by atoms with Gasteiger partial charge in [-0.05, 0) is 18.1 Å². The van der Waals surface area contributed by atoms with E-state index in [0.29, 0.717) is 10.4 Å². The monoisotopic (exact) mass is 211 g/mol.